The SMILES string of the molecule is Nc1nc(=S)c2c([nH]1)C=CC2. The van der Waals surface area contributed by atoms with Crippen LogP contribution in [0.5, 0.6) is 0 Å². The maximum Gasteiger partial charge on any atom is 0.199 e. The van der Waals surface area contributed by atoms with E-state index >= 15 is 0 Å². The van der Waals surface area contributed by atoms with Gasteiger partial charge in [0.1, 0.15) is 4.64 Å². The molecule has 0 unspecified atom stereocenters. The molecule has 0 saturated carbocycles. The van der Waals surface area contributed by atoms with Gasteiger partial charge in [-0.15, -0.1) is 0 Å². The molecule has 3 N–H and O–H groups in total. The van der Waals surface area contributed by atoms with Gasteiger partial charge in [-0.1, -0.05) is 18.3 Å². The van der Waals surface area contributed by atoms with Gasteiger partial charge in [0.05, 0.1) is 0 Å². The molecular formula is C7H7N3S. The molecule has 0 saturated heterocycles. The van der Waals surface area contributed by atoms with E-state index in [2.05, 4.69) is 9.97 Å². The number of allylic oxidation sites excluding steroid dienone is 1. The van der Waals surface area contributed by atoms with E-state index in [1.807, 2.05) is 12.2 Å². The summed E-state index contributed by atoms with van der Waals surface area (Å²) in [7, 11) is 0. The van der Waals surface area contributed by atoms with Crippen molar-refractivity contribution in [2.45, 2.75) is 6.42 Å². The van der Waals surface area contributed by atoms with E-state index in [-0.39, 0.29) is 0 Å². The third kappa shape index (κ3) is 0.952. The van der Waals surface area contributed by atoms with Crippen LogP contribution >= 0.6 is 12.2 Å². The van der Waals surface area contributed by atoms with Crippen LogP contribution in [0, 0.1) is 4.64 Å². The molecule has 4 heteroatoms. The van der Waals surface area contributed by atoms with Crippen LogP contribution in [0.1, 0.15) is 11.3 Å². The summed E-state index contributed by atoms with van der Waals surface area (Å²) in [6.45, 7) is 0. The predicted molar refractivity (Wildman–Crippen MR) is 46.6 cm³/mol. The number of fused-ring (bicyclic) bond motifs is 1. The van der Waals surface area contributed by atoms with Crippen molar-refractivity contribution >= 4 is 24.2 Å². The van der Waals surface area contributed by atoms with E-state index in [9.17, 15) is 0 Å². The number of anilines is 1. The average Bonchev–Trinajstić information content (AvgIpc) is 2.34. The monoisotopic (exact) mass is 165 g/mol. The first kappa shape index (κ1) is 6.54. The van der Waals surface area contributed by atoms with Gasteiger partial charge in [0.15, 0.2) is 5.95 Å². The number of aromatic amines is 1. The van der Waals surface area contributed by atoms with Crippen molar-refractivity contribution in [3.05, 3.63) is 22.0 Å². The number of H-pyrrole nitrogens is 1. The van der Waals surface area contributed by atoms with E-state index in [0.29, 0.717) is 10.6 Å². The first-order valence-corrected chi connectivity index (χ1v) is 3.73. The van der Waals surface area contributed by atoms with Crippen LogP contribution in [-0.4, -0.2) is 9.97 Å². The van der Waals surface area contributed by atoms with Crippen molar-refractivity contribution in [3.63, 3.8) is 0 Å². The minimum atomic E-state index is 0.389. The lowest BCUT2D eigenvalue weighted by atomic mass is 10.2. The molecule has 1 heterocycles. The zero-order valence-electron chi connectivity index (χ0n) is 5.79. The second kappa shape index (κ2) is 2.17. The molecule has 1 aliphatic carbocycles. The molecule has 1 aromatic heterocycles. The van der Waals surface area contributed by atoms with Crippen LogP contribution in [0.2, 0.25) is 0 Å². The van der Waals surface area contributed by atoms with Crippen molar-refractivity contribution in [2.75, 3.05) is 5.73 Å². The van der Waals surface area contributed by atoms with E-state index in [0.717, 1.165) is 17.7 Å². The fraction of sp³-hybridized carbons (Fsp3) is 0.143. The van der Waals surface area contributed by atoms with Crippen molar-refractivity contribution in [1.82, 2.24) is 9.97 Å². The summed E-state index contributed by atoms with van der Waals surface area (Å²) in [5.41, 5.74) is 7.54. The van der Waals surface area contributed by atoms with Crippen LogP contribution in [0.3, 0.4) is 0 Å². The second-order valence-corrected chi connectivity index (χ2v) is 2.81. The van der Waals surface area contributed by atoms with Gasteiger partial charge in [0.25, 0.3) is 0 Å². The molecule has 56 valence electrons. The molecule has 0 spiro atoms. The Balaban J connectivity index is 2.76. The highest BCUT2D eigenvalue weighted by Crippen LogP contribution is 2.17. The summed E-state index contributed by atoms with van der Waals surface area (Å²) in [6, 6.07) is 0. The largest absolute Gasteiger partial charge is 0.369 e. The Kier molecular flexibility index (Phi) is 1.29. The van der Waals surface area contributed by atoms with Gasteiger partial charge < -0.3 is 10.7 Å². The van der Waals surface area contributed by atoms with Crippen molar-refractivity contribution < 1.29 is 0 Å². The fourth-order valence-corrected chi connectivity index (χ4v) is 1.46. The fourth-order valence-electron chi connectivity index (χ4n) is 1.17. The lowest BCUT2D eigenvalue weighted by Crippen LogP contribution is -1.99. The lowest BCUT2D eigenvalue weighted by Gasteiger charge is -1.99. The normalized spacial score (nSPS) is 13.5. The molecule has 0 aliphatic heterocycles. The highest BCUT2D eigenvalue weighted by atomic mass is 32.1. The highest BCUT2D eigenvalue weighted by molar-refractivity contribution is 7.71. The molecule has 0 aromatic carbocycles. The number of nitrogens with two attached hydrogens (primary N) is 1. The summed E-state index contributed by atoms with van der Waals surface area (Å²) >= 11 is 5.02. The summed E-state index contributed by atoms with van der Waals surface area (Å²) in [4.78, 5) is 6.88. The quantitative estimate of drug-likeness (QED) is 0.569. The lowest BCUT2D eigenvalue weighted by molar-refractivity contribution is 1.10. The standard InChI is InChI=1S/C7H7N3S/c8-7-9-5-3-1-2-4(5)6(11)10-7/h1,3H,2H2,(H3,8,9,10,11). The third-order valence-electron chi connectivity index (χ3n) is 1.67. The number of nitrogen functional groups attached to an aromatic ring is 1. The Morgan fingerprint density at radius 1 is 1.64 bits per heavy atom. The molecule has 1 aliphatic rings. The highest BCUT2D eigenvalue weighted by Gasteiger charge is 2.07. The van der Waals surface area contributed by atoms with Gasteiger partial charge in [-0.2, -0.15) is 0 Å². The predicted octanol–water partition coefficient (Wildman–Crippen LogP) is 1.29. The summed E-state index contributed by atoms with van der Waals surface area (Å²) in [6.07, 6.45) is 4.89. The maximum atomic E-state index is 5.46. The Morgan fingerprint density at radius 3 is 3.27 bits per heavy atom. The average molecular weight is 165 g/mol. The molecule has 0 bridgehead atoms. The molecule has 0 amide bonds. The van der Waals surface area contributed by atoms with E-state index in [1.54, 1.807) is 0 Å². The Bertz CT molecular complexity index is 378. The van der Waals surface area contributed by atoms with Crippen molar-refractivity contribution in [2.24, 2.45) is 0 Å². The number of nitrogens with zero attached hydrogens (tertiary/aromatic N) is 1. The number of aromatic nitrogens is 2. The number of hydrogen-bond donors (Lipinski definition) is 2. The van der Waals surface area contributed by atoms with Gasteiger partial charge in [-0.25, -0.2) is 4.98 Å². The molecule has 2 rings (SSSR count). The van der Waals surface area contributed by atoms with E-state index in [1.165, 1.54) is 0 Å². The van der Waals surface area contributed by atoms with Gasteiger partial charge >= 0.3 is 0 Å². The molecule has 0 atom stereocenters. The summed E-state index contributed by atoms with van der Waals surface area (Å²) < 4.78 is 0.612. The zero-order valence-corrected chi connectivity index (χ0v) is 6.61. The minimum absolute atomic E-state index is 0.389. The Hall–Kier alpha value is -1.16. The second-order valence-electron chi connectivity index (χ2n) is 2.43. The number of rotatable bonds is 0. The van der Waals surface area contributed by atoms with Gasteiger partial charge in [0, 0.05) is 11.3 Å². The van der Waals surface area contributed by atoms with Crippen LogP contribution in [0.4, 0.5) is 5.95 Å². The van der Waals surface area contributed by atoms with Gasteiger partial charge in [0.2, 0.25) is 0 Å². The molecule has 1 aromatic rings. The Labute approximate surface area is 69.0 Å². The van der Waals surface area contributed by atoms with E-state index < -0.39 is 0 Å². The van der Waals surface area contributed by atoms with Crippen LogP contribution in [0.25, 0.3) is 6.08 Å². The smallest absolute Gasteiger partial charge is 0.199 e. The number of nitrogens with one attached hydrogen (secondary N) is 1. The molecule has 11 heavy (non-hydrogen) atoms. The third-order valence-corrected chi connectivity index (χ3v) is 2.01. The van der Waals surface area contributed by atoms with Crippen LogP contribution in [-0.2, 0) is 6.42 Å². The summed E-state index contributed by atoms with van der Waals surface area (Å²) in [5, 5.41) is 0. The molecule has 0 radical (unpaired) electrons. The molecule has 0 fully saturated rings. The van der Waals surface area contributed by atoms with Crippen molar-refractivity contribution in [1.29, 1.82) is 0 Å². The minimum Gasteiger partial charge on any atom is -0.369 e. The molecular weight excluding hydrogens is 158 g/mol. The maximum absolute atomic E-state index is 5.46. The van der Waals surface area contributed by atoms with Crippen LogP contribution < -0.4 is 5.73 Å². The van der Waals surface area contributed by atoms with Gasteiger partial charge in [-0.05, 0) is 12.5 Å². The summed E-state index contributed by atoms with van der Waals surface area (Å²) in [5.74, 6) is 0.389. The van der Waals surface area contributed by atoms with E-state index in [4.69, 9.17) is 18.0 Å². The topological polar surface area (TPSA) is 54.7 Å². The molecule has 3 nitrogen and oxygen atoms in total. The van der Waals surface area contributed by atoms with Crippen LogP contribution in [0.15, 0.2) is 6.08 Å². The first-order chi connectivity index (χ1) is 5.27. The van der Waals surface area contributed by atoms with Crippen molar-refractivity contribution in [3.8, 4) is 0 Å². The first-order valence-electron chi connectivity index (χ1n) is 3.32. The Morgan fingerprint density at radius 2 is 2.45 bits per heavy atom. The van der Waals surface area contributed by atoms with Gasteiger partial charge in [-0.3, -0.25) is 0 Å². The number of hydrogen-bond acceptors (Lipinski definition) is 3. The zero-order chi connectivity index (χ0) is 7.84.